The first-order valence-electron chi connectivity index (χ1n) is 8.44. The maximum atomic E-state index is 11.5. The normalized spacial score (nSPS) is 14.0. The zero-order valence-corrected chi connectivity index (χ0v) is 14.5. The number of carboxylic acids is 1. The van der Waals surface area contributed by atoms with Crippen molar-refractivity contribution in [3.63, 3.8) is 0 Å². The third-order valence-corrected chi connectivity index (χ3v) is 4.48. The standard InChI is InChI=1S/C21H24O3/c1-21(2,3)11-10-19(20(22)23)24-16-8-9-18-15(13-16)12-14-6-4-5-7-17(14)18/h4-9,13,19H,10-12H2,1-3H3,(H,22,23). The van der Waals surface area contributed by atoms with Gasteiger partial charge in [-0.2, -0.15) is 0 Å². The second-order valence-corrected chi connectivity index (χ2v) is 7.70. The summed E-state index contributed by atoms with van der Waals surface area (Å²) in [4.78, 5) is 11.5. The monoisotopic (exact) mass is 324 g/mol. The SMILES string of the molecule is CC(C)(C)CCC(Oc1ccc2c(c1)Cc1ccccc1-2)C(=O)O. The fourth-order valence-corrected chi connectivity index (χ4v) is 3.16. The summed E-state index contributed by atoms with van der Waals surface area (Å²) < 4.78 is 5.80. The second kappa shape index (κ2) is 6.31. The quantitative estimate of drug-likeness (QED) is 0.725. The first kappa shape index (κ1) is 16.6. The Labute approximate surface area is 143 Å². The number of benzene rings is 2. The lowest BCUT2D eigenvalue weighted by Gasteiger charge is -2.22. The van der Waals surface area contributed by atoms with Crippen molar-refractivity contribution in [1.29, 1.82) is 0 Å². The van der Waals surface area contributed by atoms with E-state index < -0.39 is 12.1 Å². The van der Waals surface area contributed by atoms with E-state index in [0.717, 1.165) is 12.8 Å². The molecule has 1 atom stereocenters. The molecule has 0 radical (unpaired) electrons. The summed E-state index contributed by atoms with van der Waals surface area (Å²) in [6.07, 6.45) is 1.39. The molecule has 0 saturated carbocycles. The Balaban J connectivity index is 1.76. The van der Waals surface area contributed by atoms with Crippen molar-refractivity contribution < 1.29 is 14.6 Å². The van der Waals surface area contributed by atoms with E-state index in [0.29, 0.717) is 12.2 Å². The fraction of sp³-hybridized carbons (Fsp3) is 0.381. The number of ether oxygens (including phenoxy) is 1. The van der Waals surface area contributed by atoms with E-state index in [2.05, 4.69) is 39.0 Å². The van der Waals surface area contributed by atoms with E-state index in [1.165, 1.54) is 22.3 Å². The van der Waals surface area contributed by atoms with Gasteiger partial charge in [0.25, 0.3) is 0 Å². The molecule has 1 unspecified atom stereocenters. The van der Waals surface area contributed by atoms with Crippen LogP contribution in [0.4, 0.5) is 0 Å². The Morgan fingerprint density at radius 3 is 2.54 bits per heavy atom. The number of carbonyl (C=O) groups is 1. The van der Waals surface area contributed by atoms with Crippen LogP contribution in [0.3, 0.4) is 0 Å². The maximum Gasteiger partial charge on any atom is 0.344 e. The van der Waals surface area contributed by atoms with Gasteiger partial charge in [-0.25, -0.2) is 4.79 Å². The molecule has 2 aromatic carbocycles. The molecule has 24 heavy (non-hydrogen) atoms. The summed E-state index contributed by atoms with van der Waals surface area (Å²) in [5.74, 6) is -0.258. The third-order valence-electron chi connectivity index (χ3n) is 4.48. The van der Waals surface area contributed by atoms with Gasteiger partial charge in [-0.3, -0.25) is 0 Å². The maximum absolute atomic E-state index is 11.5. The van der Waals surface area contributed by atoms with Crippen molar-refractivity contribution in [3.05, 3.63) is 53.6 Å². The van der Waals surface area contributed by atoms with Crippen molar-refractivity contribution in [2.45, 2.75) is 46.1 Å². The van der Waals surface area contributed by atoms with Crippen LogP contribution in [-0.2, 0) is 11.2 Å². The van der Waals surface area contributed by atoms with Gasteiger partial charge in [0.05, 0.1) is 0 Å². The number of aliphatic carboxylic acids is 1. The van der Waals surface area contributed by atoms with Crippen LogP contribution >= 0.6 is 0 Å². The molecule has 3 rings (SSSR count). The zero-order valence-electron chi connectivity index (χ0n) is 14.5. The zero-order chi connectivity index (χ0) is 17.3. The highest BCUT2D eigenvalue weighted by atomic mass is 16.5. The molecule has 1 N–H and O–H groups in total. The van der Waals surface area contributed by atoms with Gasteiger partial charge in [-0.15, -0.1) is 0 Å². The molecule has 1 aliphatic rings. The summed E-state index contributed by atoms with van der Waals surface area (Å²) in [6, 6.07) is 14.3. The van der Waals surface area contributed by atoms with E-state index in [4.69, 9.17) is 4.74 Å². The van der Waals surface area contributed by atoms with Gasteiger partial charge < -0.3 is 9.84 Å². The van der Waals surface area contributed by atoms with Crippen LogP contribution in [0.25, 0.3) is 11.1 Å². The molecule has 126 valence electrons. The number of hydrogen-bond donors (Lipinski definition) is 1. The van der Waals surface area contributed by atoms with Crippen LogP contribution in [0.15, 0.2) is 42.5 Å². The van der Waals surface area contributed by atoms with E-state index in [1.54, 1.807) is 0 Å². The molecule has 0 saturated heterocycles. The summed E-state index contributed by atoms with van der Waals surface area (Å²) in [7, 11) is 0. The topological polar surface area (TPSA) is 46.5 Å². The van der Waals surface area contributed by atoms with Gasteiger partial charge in [0.1, 0.15) is 5.75 Å². The Morgan fingerprint density at radius 1 is 1.12 bits per heavy atom. The molecule has 0 bridgehead atoms. The fourth-order valence-electron chi connectivity index (χ4n) is 3.16. The average Bonchev–Trinajstić information content (AvgIpc) is 2.87. The van der Waals surface area contributed by atoms with Gasteiger partial charge >= 0.3 is 5.97 Å². The highest BCUT2D eigenvalue weighted by Crippen LogP contribution is 2.38. The number of fused-ring (bicyclic) bond motifs is 3. The van der Waals surface area contributed by atoms with Crippen LogP contribution < -0.4 is 4.74 Å². The van der Waals surface area contributed by atoms with Crippen LogP contribution in [-0.4, -0.2) is 17.2 Å². The summed E-state index contributed by atoms with van der Waals surface area (Å²) >= 11 is 0. The van der Waals surface area contributed by atoms with Crippen molar-refractivity contribution in [1.82, 2.24) is 0 Å². The lowest BCUT2D eigenvalue weighted by Crippen LogP contribution is -2.28. The van der Waals surface area contributed by atoms with Crippen molar-refractivity contribution in [2.75, 3.05) is 0 Å². The molecular weight excluding hydrogens is 300 g/mol. The predicted molar refractivity (Wildman–Crippen MR) is 95.4 cm³/mol. The van der Waals surface area contributed by atoms with E-state index in [9.17, 15) is 9.90 Å². The first-order valence-corrected chi connectivity index (χ1v) is 8.44. The number of rotatable bonds is 5. The Morgan fingerprint density at radius 2 is 1.83 bits per heavy atom. The summed E-state index contributed by atoms with van der Waals surface area (Å²) in [5.41, 5.74) is 5.10. The van der Waals surface area contributed by atoms with Crippen LogP contribution in [0.1, 0.15) is 44.7 Å². The third kappa shape index (κ3) is 3.61. The van der Waals surface area contributed by atoms with Gasteiger partial charge in [0.15, 0.2) is 6.10 Å². The van der Waals surface area contributed by atoms with Crippen molar-refractivity contribution >= 4 is 5.97 Å². The highest BCUT2D eigenvalue weighted by molar-refractivity contribution is 5.77. The molecule has 0 aromatic heterocycles. The summed E-state index contributed by atoms with van der Waals surface area (Å²) in [5, 5.41) is 9.44. The molecule has 2 aromatic rings. The van der Waals surface area contributed by atoms with Crippen LogP contribution in [0, 0.1) is 5.41 Å². The van der Waals surface area contributed by atoms with Crippen molar-refractivity contribution in [3.8, 4) is 16.9 Å². The van der Waals surface area contributed by atoms with E-state index in [1.807, 2.05) is 24.3 Å². The van der Waals surface area contributed by atoms with Gasteiger partial charge in [0.2, 0.25) is 0 Å². The van der Waals surface area contributed by atoms with Crippen molar-refractivity contribution in [2.24, 2.45) is 5.41 Å². The molecular formula is C21H24O3. The summed E-state index contributed by atoms with van der Waals surface area (Å²) in [6.45, 7) is 6.33. The molecule has 1 aliphatic carbocycles. The Kier molecular flexibility index (Phi) is 4.35. The number of hydrogen-bond acceptors (Lipinski definition) is 2. The highest BCUT2D eigenvalue weighted by Gasteiger charge is 2.24. The average molecular weight is 324 g/mol. The Hall–Kier alpha value is -2.29. The minimum Gasteiger partial charge on any atom is -0.479 e. The predicted octanol–water partition coefficient (Wildman–Crippen LogP) is 4.92. The smallest absolute Gasteiger partial charge is 0.344 e. The lowest BCUT2D eigenvalue weighted by molar-refractivity contribution is -0.145. The molecule has 3 heteroatoms. The van der Waals surface area contributed by atoms with Crippen LogP contribution in [0.2, 0.25) is 0 Å². The molecule has 0 aliphatic heterocycles. The number of carboxylic acid groups (broad SMARTS) is 1. The van der Waals surface area contributed by atoms with Crippen LogP contribution in [0.5, 0.6) is 5.75 Å². The van der Waals surface area contributed by atoms with Gasteiger partial charge in [-0.1, -0.05) is 51.1 Å². The second-order valence-electron chi connectivity index (χ2n) is 7.70. The minimum absolute atomic E-state index is 0.0939. The Bertz CT molecular complexity index is 756. The van der Waals surface area contributed by atoms with Gasteiger partial charge in [-0.05, 0) is 59.1 Å². The van der Waals surface area contributed by atoms with E-state index >= 15 is 0 Å². The molecule has 0 heterocycles. The van der Waals surface area contributed by atoms with E-state index in [-0.39, 0.29) is 5.41 Å². The molecule has 3 nitrogen and oxygen atoms in total. The molecule has 0 spiro atoms. The lowest BCUT2D eigenvalue weighted by atomic mass is 9.89. The minimum atomic E-state index is -0.900. The molecule has 0 fully saturated rings. The molecule has 0 amide bonds. The van der Waals surface area contributed by atoms with Gasteiger partial charge in [0, 0.05) is 0 Å². The first-order chi connectivity index (χ1) is 11.3. The largest absolute Gasteiger partial charge is 0.479 e.